The van der Waals surface area contributed by atoms with Gasteiger partial charge in [-0.25, -0.2) is 4.39 Å². The summed E-state index contributed by atoms with van der Waals surface area (Å²) in [5.41, 5.74) is 3.30. The molecule has 0 amide bonds. The van der Waals surface area contributed by atoms with Crippen molar-refractivity contribution in [3.63, 3.8) is 0 Å². The molecule has 1 aromatic carbocycles. The third-order valence-electron chi connectivity index (χ3n) is 2.98. The van der Waals surface area contributed by atoms with Gasteiger partial charge in [0.2, 0.25) is 0 Å². The van der Waals surface area contributed by atoms with Crippen molar-refractivity contribution in [1.82, 2.24) is 15.1 Å². The fourth-order valence-corrected chi connectivity index (χ4v) is 2.05. The third kappa shape index (κ3) is 2.59. The van der Waals surface area contributed by atoms with E-state index < -0.39 is 0 Å². The Morgan fingerprint density at radius 3 is 2.61 bits per heavy atom. The summed E-state index contributed by atoms with van der Waals surface area (Å²) in [5.74, 6) is -0.210. The van der Waals surface area contributed by atoms with Crippen LogP contribution in [0, 0.1) is 5.82 Å². The maximum atomic E-state index is 13.0. The quantitative estimate of drug-likeness (QED) is 0.879. The topological polar surface area (TPSA) is 29.9 Å². The number of halogens is 1. The predicted molar refractivity (Wildman–Crippen MR) is 70.9 cm³/mol. The highest BCUT2D eigenvalue weighted by atomic mass is 19.1. The number of aryl methyl sites for hydroxylation is 1. The molecule has 0 radical (unpaired) electrons. The Labute approximate surface area is 107 Å². The molecule has 0 fully saturated rings. The van der Waals surface area contributed by atoms with Crippen LogP contribution in [0.15, 0.2) is 30.5 Å². The van der Waals surface area contributed by atoms with E-state index in [1.165, 1.54) is 17.7 Å². The van der Waals surface area contributed by atoms with E-state index >= 15 is 0 Å². The Bertz CT molecular complexity index is 502. The molecule has 0 atom stereocenters. The van der Waals surface area contributed by atoms with E-state index in [2.05, 4.69) is 17.3 Å². The molecule has 0 spiro atoms. The summed E-state index contributed by atoms with van der Waals surface area (Å²) >= 11 is 0. The zero-order valence-electron chi connectivity index (χ0n) is 10.8. The molecule has 4 heteroatoms. The molecule has 96 valence electrons. The number of nitrogens with one attached hydrogen (secondary N) is 1. The lowest BCUT2D eigenvalue weighted by atomic mass is 10.1. The van der Waals surface area contributed by atoms with Crippen LogP contribution in [0.2, 0.25) is 0 Å². The number of hydrogen-bond acceptors (Lipinski definition) is 2. The second-order valence-corrected chi connectivity index (χ2v) is 4.19. The van der Waals surface area contributed by atoms with Crippen molar-refractivity contribution in [1.29, 1.82) is 0 Å². The van der Waals surface area contributed by atoms with Crippen LogP contribution in [-0.4, -0.2) is 23.4 Å². The minimum absolute atomic E-state index is 0.210. The zero-order valence-corrected chi connectivity index (χ0v) is 10.8. The van der Waals surface area contributed by atoms with Gasteiger partial charge >= 0.3 is 0 Å². The molecule has 0 aliphatic heterocycles. The largest absolute Gasteiger partial charge is 0.319 e. The second kappa shape index (κ2) is 5.78. The number of nitrogens with zero attached hydrogens (tertiary/aromatic N) is 2. The molecule has 0 saturated heterocycles. The van der Waals surface area contributed by atoms with Gasteiger partial charge in [0, 0.05) is 12.1 Å². The standard InChI is InChI=1S/C14H18FN3/c1-3-18-14(11-4-6-13(15)7-5-11)12(10-17-18)8-9-16-2/h4-7,10,16H,3,8-9H2,1-2H3. The van der Waals surface area contributed by atoms with E-state index in [4.69, 9.17) is 0 Å². The summed E-state index contributed by atoms with van der Waals surface area (Å²) in [6.45, 7) is 3.78. The first-order chi connectivity index (χ1) is 8.76. The first-order valence-corrected chi connectivity index (χ1v) is 6.21. The van der Waals surface area contributed by atoms with Crippen molar-refractivity contribution in [3.05, 3.63) is 41.8 Å². The Hall–Kier alpha value is -1.68. The number of likely N-dealkylation sites (N-methyl/N-ethyl adjacent to an activating group) is 1. The van der Waals surface area contributed by atoms with Crippen LogP contribution in [0.4, 0.5) is 4.39 Å². The fraction of sp³-hybridized carbons (Fsp3) is 0.357. The number of rotatable bonds is 5. The minimum Gasteiger partial charge on any atom is -0.319 e. The van der Waals surface area contributed by atoms with Gasteiger partial charge in [0.25, 0.3) is 0 Å². The molecule has 2 rings (SSSR count). The van der Waals surface area contributed by atoms with Gasteiger partial charge in [-0.3, -0.25) is 4.68 Å². The third-order valence-corrected chi connectivity index (χ3v) is 2.98. The molecule has 0 unspecified atom stereocenters. The molecule has 18 heavy (non-hydrogen) atoms. The van der Waals surface area contributed by atoms with E-state index in [0.29, 0.717) is 0 Å². The van der Waals surface area contributed by atoms with Crippen molar-refractivity contribution in [2.75, 3.05) is 13.6 Å². The van der Waals surface area contributed by atoms with Crippen molar-refractivity contribution in [2.45, 2.75) is 19.9 Å². The van der Waals surface area contributed by atoms with Crippen molar-refractivity contribution < 1.29 is 4.39 Å². The van der Waals surface area contributed by atoms with Crippen LogP contribution in [0.3, 0.4) is 0 Å². The lowest BCUT2D eigenvalue weighted by Crippen LogP contribution is -2.11. The van der Waals surface area contributed by atoms with Crippen molar-refractivity contribution >= 4 is 0 Å². The predicted octanol–water partition coefficient (Wildman–Crippen LogP) is 2.47. The van der Waals surface area contributed by atoms with Gasteiger partial charge in [-0.15, -0.1) is 0 Å². The van der Waals surface area contributed by atoms with E-state index in [1.807, 2.05) is 17.9 Å². The highest BCUT2D eigenvalue weighted by molar-refractivity contribution is 5.63. The molecule has 1 aromatic heterocycles. The minimum atomic E-state index is -0.210. The maximum absolute atomic E-state index is 13.0. The molecule has 0 bridgehead atoms. The molecule has 2 aromatic rings. The Morgan fingerprint density at radius 2 is 2.00 bits per heavy atom. The van der Waals surface area contributed by atoms with E-state index in [-0.39, 0.29) is 5.82 Å². The van der Waals surface area contributed by atoms with Gasteiger partial charge in [-0.2, -0.15) is 5.10 Å². The van der Waals surface area contributed by atoms with Crippen LogP contribution < -0.4 is 5.32 Å². The van der Waals surface area contributed by atoms with Gasteiger partial charge in [0.1, 0.15) is 5.82 Å². The summed E-state index contributed by atoms with van der Waals surface area (Å²) in [5, 5.41) is 7.52. The molecule has 0 saturated carbocycles. The fourth-order valence-electron chi connectivity index (χ4n) is 2.05. The lowest BCUT2D eigenvalue weighted by molar-refractivity contribution is 0.627. The van der Waals surface area contributed by atoms with Gasteiger partial charge in [0.05, 0.1) is 11.9 Å². The van der Waals surface area contributed by atoms with E-state index in [9.17, 15) is 4.39 Å². The van der Waals surface area contributed by atoms with Gasteiger partial charge in [-0.05, 0) is 56.8 Å². The smallest absolute Gasteiger partial charge is 0.123 e. The average molecular weight is 247 g/mol. The number of aromatic nitrogens is 2. The van der Waals surface area contributed by atoms with Crippen molar-refractivity contribution in [2.24, 2.45) is 0 Å². The summed E-state index contributed by atoms with van der Waals surface area (Å²) in [6, 6.07) is 6.59. The molecule has 1 heterocycles. The molecular weight excluding hydrogens is 229 g/mol. The van der Waals surface area contributed by atoms with Crippen molar-refractivity contribution in [3.8, 4) is 11.3 Å². The van der Waals surface area contributed by atoms with Crippen LogP contribution in [-0.2, 0) is 13.0 Å². The second-order valence-electron chi connectivity index (χ2n) is 4.19. The molecule has 0 aliphatic rings. The number of benzene rings is 1. The summed E-state index contributed by atoms with van der Waals surface area (Å²) in [4.78, 5) is 0. The summed E-state index contributed by atoms with van der Waals surface area (Å²) < 4.78 is 14.9. The van der Waals surface area contributed by atoms with Gasteiger partial charge in [0.15, 0.2) is 0 Å². The Morgan fingerprint density at radius 1 is 1.28 bits per heavy atom. The SMILES string of the molecule is CCn1ncc(CCNC)c1-c1ccc(F)cc1. The summed E-state index contributed by atoms with van der Waals surface area (Å²) in [7, 11) is 1.93. The van der Waals surface area contributed by atoms with E-state index in [0.717, 1.165) is 30.8 Å². The average Bonchev–Trinajstić information content (AvgIpc) is 2.80. The lowest BCUT2D eigenvalue weighted by Gasteiger charge is -2.08. The Balaban J connectivity index is 2.39. The first kappa shape index (κ1) is 12.8. The van der Waals surface area contributed by atoms with E-state index in [1.54, 1.807) is 12.1 Å². The monoisotopic (exact) mass is 247 g/mol. The maximum Gasteiger partial charge on any atom is 0.123 e. The Kier molecular flexibility index (Phi) is 4.10. The normalized spacial score (nSPS) is 10.8. The zero-order chi connectivity index (χ0) is 13.0. The highest BCUT2D eigenvalue weighted by Crippen LogP contribution is 2.24. The van der Waals surface area contributed by atoms with Crippen LogP contribution in [0.5, 0.6) is 0 Å². The molecule has 3 nitrogen and oxygen atoms in total. The first-order valence-electron chi connectivity index (χ1n) is 6.21. The molecular formula is C14H18FN3. The van der Waals surface area contributed by atoms with Gasteiger partial charge in [-0.1, -0.05) is 0 Å². The molecule has 0 aliphatic carbocycles. The highest BCUT2D eigenvalue weighted by Gasteiger charge is 2.11. The van der Waals surface area contributed by atoms with Crippen LogP contribution in [0.25, 0.3) is 11.3 Å². The number of hydrogen-bond donors (Lipinski definition) is 1. The van der Waals surface area contributed by atoms with Gasteiger partial charge < -0.3 is 5.32 Å². The molecule has 1 N–H and O–H groups in total. The van der Waals surface area contributed by atoms with Crippen LogP contribution in [0.1, 0.15) is 12.5 Å². The summed E-state index contributed by atoms with van der Waals surface area (Å²) in [6.07, 6.45) is 2.82. The van der Waals surface area contributed by atoms with Crippen LogP contribution >= 0.6 is 0 Å².